The molecule has 5 heteroatoms. The lowest BCUT2D eigenvalue weighted by molar-refractivity contribution is 0.450. The molecule has 0 bridgehead atoms. The molecular formula is C12H11ClN2O2. The maximum atomic E-state index is 11.8. The molecule has 2 N–H and O–H groups in total. The van der Waals surface area contributed by atoms with E-state index in [0.29, 0.717) is 22.8 Å². The number of hydrogen-bond donors (Lipinski definition) is 2. The normalized spacial score (nSPS) is 10.5. The molecule has 2 aromatic rings. The lowest BCUT2D eigenvalue weighted by Crippen LogP contribution is -2.13. The molecule has 0 saturated carbocycles. The topological polar surface area (TPSA) is 66.0 Å². The summed E-state index contributed by atoms with van der Waals surface area (Å²) in [6.07, 6.45) is 0.554. The minimum atomic E-state index is -0.364. The fourth-order valence-electron chi connectivity index (χ4n) is 1.58. The Kier molecular flexibility index (Phi) is 3.15. The van der Waals surface area contributed by atoms with Crippen molar-refractivity contribution in [1.29, 1.82) is 0 Å². The molecule has 1 heterocycles. The first kappa shape index (κ1) is 11.7. The minimum absolute atomic E-state index is 0.143. The van der Waals surface area contributed by atoms with E-state index in [1.54, 1.807) is 24.3 Å². The summed E-state index contributed by atoms with van der Waals surface area (Å²) < 4.78 is 0. The van der Waals surface area contributed by atoms with Crippen molar-refractivity contribution in [3.63, 3.8) is 0 Å². The van der Waals surface area contributed by atoms with Crippen molar-refractivity contribution in [2.24, 2.45) is 0 Å². The maximum Gasteiger partial charge on any atom is 0.262 e. The zero-order valence-corrected chi connectivity index (χ0v) is 9.95. The summed E-state index contributed by atoms with van der Waals surface area (Å²) in [5, 5.41) is 10.3. The number of aryl methyl sites for hydroxylation is 1. The lowest BCUT2D eigenvalue weighted by atomic mass is 10.1. The number of halogens is 1. The van der Waals surface area contributed by atoms with Gasteiger partial charge in [0.2, 0.25) is 5.88 Å². The number of aromatic amines is 1. The average Bonchev–Trinajstić information content (AvgIpc) is 2.28. The van der Waals surface area contributed by atoms with Gasteiger partial charge in [0.15, 0.2) is 0 Å². The number of rotatable bonds is 2. The molecule has 0 unspecified atom stereocenters. The molecule has 1 aromatic carbocycles. The first-order chi connectivity index (χ1) is 8.11. The second kappa shape index (κ2) is 4.59. The molecule has 0 aliphatic rings. The monoisotopic (exact) mass is 250 g/mol. The van der Waals surface area contributed by atoms with Crippen LogP contribution in [0.15, 0.2) is 29.1 Å². The Morgan fingerprint density at radius 3 is 2.82 bits per heavy atom. The van der Waals surface area contributed by atoms with Crippen molar-refractivity contribution in [3.8, 4) is 17.0 Å². The van der Waals surface area contributed by atoms with Crippen LogP contribution in [0.5, 0.6) is 5.88 Å². The van der Waals surface area contributed by atoms with Gasteiger partial charge in [-0.25, -0.2) is 0 Å². The Morgan fingerprint density at radius 1 is 1.47 bits per heavy atom. The van der Waals surface area contributed by atoms with Gasteiger partial charge in [-0.1, -0.05) is 30.7 Å². The predicted molar refractivity (Wildman–Crippen MR) is 66.3 cm³/mol. The highest BCUT2D eigenvalue weighted by molar-refractivity contribution is 6.30. The van der Waals surface area contributed by atoms with E-state index in [1.165, 1.54) is 0 Å². The quantitative estimate of drug-likeness (QED) is 0.860. The lowest BCUT2D eigenvalue weighted by Gasteiger charge is -2.05. The molecule has 0 atom stereocenters. The van der Waals surface area contributed by atoms with Crippen LogP contribution >= 0.6 is 11.6 Å². The molecule has 0 aliphatic heterocycles. The minimum Gasteiger partial charge on any atom is -0.493 e. The van der Waals surface area contributed by atoms with Crippen molar-refractivity contribution in [2.45, 2.75) is 13.3 Å². The van der Waals surface area contributed by atoms with E-state index in [4.69, 9.17) is 11.6 Å². The molecular weight excluding hydrogens is 240 g/mol. The van der Waals surface area contributed by atoms with Crippen molar-refractivity contribution in [1.82, 2.24) is 9.97 Å². The van der Waals surface area contributed by atoms with E-state index >= 15 is 0 Å². The van der Waals surface area contributed by atoms with Crippen LogP contribution in [0.3, 0.4) is 0 Å². The molecule has 1 aromatic heterocycles. The highest BCUT2D eigenvalue weighted by atomic mass is 35.5. The van der Waals surface area contributed by atoms with Crippen molar-refractivity contribution in [2.75, 3.05) is 0 Å². The highest BCUT2D eigenvalue weighted by Gasteiger charge is 2.12. The fourth-order valence-corrected chi connectivity index (χ4v) is 1.77. The van der Waals surface area contributed by atoms with Crippen molar-refractivity contribution < 1.29 is 5.11 Å². The Balaban J connectivity index is 2.64. The summed E-state index contributed by atoms with van der Waals surface area (Å²) in [6.45, 7) is 1.84. The van der Waals surface area contributed by atoms with Crippen LogP contribution in [0.1, 0.15) is 12.7 Å². The van der Waals surface area contributed by atoms with Crippen LogP contribution in [0.2, 0.25) is 5.02 Å². The Bertz CT molecular complexity index is 608. The van der Waals surface area contributed by atoms with Crippen LogP contribution in [-0.4, -0.2) is 15.1 Å². The molecule has 0 amide bonds. The summed E-state index contributed by atoms with van der Waals surface area (Å²) in [7, 11) is 0. The first-order valence-electron chi connectivity index (χ1n) is 5.20. The van der Waals surface area contributed by atoms with E-state index in [1.807, 2.05) is 6.92 Å². The van der Waals surface area contributed by atoms with Gasteiger partial charge in [-0.15, -0.1) is 0 Å². The number of benzene rings is 1. The number of aromatic nitrogens is 2. The third-order valence-electron chi connectivity index (χ3n) is 2.40. The summed E-state index contributed by atoms with van der Waals surface area (Å²) in [5.41, 5.74) is 0.327. The summed E-state index contributed by atoms with van der Waals surface area (Å²) in [5.74, 6) is 0.186. The third kappa shape index (κ3) is 2.31. The molecule has 88 valence electrons. The second-order valence-electron chi connectivity index (χ2n) is 3.58. The molecule has 0 radical (unpaired) electrons. The van der Waals surface area contributed by atoms with Gasteiger partial charge >= 0.3 is 0 Å². The Labute approximate surface area is 103 Å². The Hall–Kier alpha value is -1.81. The predicted octanol–water partition coefficient (Wildman–Crippen LogP) is 2.36. The van der Waals surface area contributed by atoms with Gasteiger partial charge in [0.05, 0.1) is 0 Å². The van der Waals surface area contributed by atoms with Gasteiger partial charge in [-0.2, -0.15) is 4.98 Å². The fraction of sp³-hybridized carbons (Fsp3) is 0.167. The standard InChI is InChI=1S/C12H11ClN2O2/c1-2-9-14-11(16)10(12(17)15-9)7-4-3-5-8(13)6-7/h3-6H,2H2,1H3,(H2,14,15,16,17). The second-order valence-corrected chi connectivity index (χ2v) is 4.01. The van der Waals surface area contributed by atoms with E-state index in [-0.39, 0.29) is 17.0 Å². The molecule has 2 rings (SSSR count). The Morgan fingerprint density at radius 2 is 2.24 bits per heavy atom. The molecule has 17 heavy (non-hydrogen) atoms. The van der Waals surface area contributed by atoms with E-state index in [2.05, 4.69) is 9.97 Å². The van der Waals surface area contributed by atoms with Crippen molar-refractivity contribution in [3.05, 3.63) is 45.5 Å². The summed E-state index contributed by atoms with van der Waals surface area (Å²) in [4.78, 5) is 18.4. The largest absolute Gasteiger partial charge is 0.493 e. The van der Waals surface area contributed by atoms with Crippen LogP contribution < -0.4 is 5.56 Å². The average molecular weight is 251 g/mol. The maximum absolute atomic E-state index is 11.8. The van der Waals surface area contributed by atoms with E-state index in [0.717, 1.165) is 0 Å². The van der Waals surface area contributed by atoms with Crippen LogP contribution in [0.4, 0.5) is 0 Å². The van der Waals surface area contributed by atoms with Crippen LogP contribution in [0, 0.1) is 0 Å². The molecule has 0 saturated heterocycles. The first-order valence-corrected chi connectivity index (χ1v) is 5.57. The smallest absolute Gasteiger partial charge is 0.262 e. The highest BCUT2D eigenvalue weighted by Crippen LogP contribution is 2.25. The number of hydrogen-bond acceptors (Lipinski definition) is 3. The van der Waals surface area contributed by atoms with E-state index < -0.39 is 0 Å². The third-order valence-corrected chi connectivity index (χ3v) is 2.63. The van der Waals surface area contributed by atoms with Gasteiger partial charge in [0.1, 0.15) is 11.4 Å². The number of nitrogens with zero attached hydrogens (tertiary/aromatic N) is 1. The number of nitrogens with one attached hydrogen (secondary N) is 1. The van der Waals surface area contributed by atoms with Gasteiger partial charge in [-0.3, -0.25) is 4.79 Å². The van der Waals surface area contributed by atoms with Crippen LogP contribution in [0.25, 0.3) is 11.1 Å². The van der Waals surface area contributed by atoms with E-state index in [9.17, 15) is 9.90 Å². The number of aromatic hydroxyl groups is 1. The molecule has 4 nitrogen and oxygen atoms in total. The zero-order chi connectivity index (χ0) is 12.4. The molecule has 0 aliphatic carbocycles. The van der Waals surface area contributed by atoms with Gasteiger partial charge in [0.25, 0.3) is 5.56 Å². The van der Waals surface area contributed by atoms with Crippen molar-refractivity contribution >= 4 is 11.6 Å². The zero-order valence-electron chi connectivity index (χ0n) is 9.20. The number of H-pyrrole nitrogens is 1. The van der Waals surface area contributed by atoms with Crippen LogP contribution in [-0.2, 0) is 6.42 Å². The SMILES string of the molecule is CCc1nc(O)c(-c2cccc(Cl)c2)c(=O)[nH]1. The molecule has 0 spiro atoms. The van der Waals surface area contributed by atoms with Gasteiger partial charge < -0.3 is 10.1 Å². The molecule has 0 fully saturated rings. The van der Waals surface area contributed by atoms with Gasteiger partial charge in [0, 0.05) is 11.4 Å². The summed E-state index contributed by atoms with van der Waals surface area (Å²) in [6, 6.07) is 6.72. The van der Waals surface area contributed by atoms with Gasteiger partial charge in [-0.05, 0) is 17.7 Å². The summed E-state index contributed by atoms with van der Waals surface area (Å²) >= 11 is 5.84.